The maximum atomic E-state index is 13.4. The molecule has 1 saturated heterocycles. The zero-order valence-corrected chi connectivity index (χ0v) is 23.9. The summed E-state index contributed by atoms with van der Waals surface area (Å²) in [4.78, 5) is 20.6. The average molecular weight is 524 g/mol. The molecule has 0 aliphatic carbocycles. The maximum absolute atomic E-state index is 13.4. The highest BCUT2D eigenvalue weighted by Gasteiger charge is 2.32. The highest BCUT2D eigenvalue weighted by molar-refractivity contribution is 5.99. The minimum Gasteiger partial charge on any atom is -0.369 e. The summed E-state index contributed by atoms with van der Waals surface area (Å²) in [7, 11) is 0. The number of benzene rings is 3. The molecule has 5 rings (SSSR count). The van der Waals surface area contributed by atoms with E-state index in [4.69, 9.17) is 0 Å². The van der Waals surface area contributed by atoms with Crippen molar-refractivity contribution in [1.29, 1.82) is 0 Å². The highest BCUT2D eigenvalue weighted by Crippen LogP contribution is 2.32. The van der Waals surface area contributed by atoms with Crippen molar-refractivity contribution in [3.05, 3.63) is 101 Å². The fourth-order valence-electron chi connectivity index (χ4n) is 6.45. The van der Waals surface area contributed by atoms with Crippen molar-refractivity contribution >= 4 is 11.6 Å². The van der Waals surface area contributed by atoms with E-state index in [2.05, 4.69) is 107 Å². The molecule has 0 spiro atoms. The number of hydrogen-bond donors (Lipinski definition) is 0. The number of nitrogens with zero attached hydrogens (tertiary/aromatic N) is 3. The Kier molecular flexibility index (Phi) is 9.36. The van der Waals surface area contributed by atoms with Crippen LogP contribution < -0.4 is 4.90 Å². The Hall–Kier alpha value is -3.11. The van der Waals surface area contributed by atoms with Gasteiger partial charge in [0.2, 0.25) is 0 Å². The van der Waals surface area contributed by atoms with Gasteiger partial charge in [-0.15, -0.1) is 0 Å². The number of anilines is 1. The predicted molar refractivity (Wildman–Crippen MR) is 163 cm³/mol. The molecule has 0 saturated carbocycles. The summed E-state index contributed by atoms with van der Waals surface area (Å²) in [5.74, 6) is 0.659. The second-order valence-corrected chi connectivity index (χ2v) is 11.3. The summed E-state index contributed by atoms with van der Waals surface area (Å²) < 4.78 is 0. The van der Waals surface area contributed by atoms with Crippen LogP contribution >= 0.6 is 0 Å². The van der Waals surface area contributed by atoms with Crippen molar-refractivity contribution in [2.24, 2.45) is 0 Å². The normalized spacial score (nSPS) is 16.6. The van der Waals surface area contributed by atoms with Crippen molar-refractivity contribution in [1.82, 2.24) is 9.80 Å². The molecule has 1 unspecified atom stereocenters. The van der Waals surface area contributed by atoms with Crippen molar-refractivity contribution in [2.45, 2.75) is 70.9 Å². The Bertz CT molecular complexity index is 1150. The van der Waals surface area contributed by atoms with Crippen LogP contribution in [0.4, 0.5) is 5.69 Å². The minimum absolute atomic E-state index is 0.238. The number of amides is 1. The van der Waals surface area contributed by atoms with E-state index in [-0.39, 0.29) is 5.91 Å². The molecule has 0 N–H and O–H groups in total. The van der Waals surface area contributed by atoms with Gasteiger partial charge in [0, 0.05) is 55.9 Å². The number of carbonyl (C=O) groups excluding carboxylic acids is 1. The third kappa shape index (κ3) is 6.55. The molecule has 0 aromatic heterocycles. The van der Waals surface area contributed by atoms with E-state index in [0.717, 1.165) is 64.1 Å². The van der Waals surface area contributed by atoms with Crippen LogP contribution in [0.25, 0.3) is 0 Å². The van der Waals surface area contributed by atoms with E-state index in [0.29, 0.717) is 12.0 Å². The molecule has 0 bridgehead atoms. The van der Waals surface area contributed by atoms with Crippen LogP contribution in [0.15, 0.2) is 78.9 Å². The van der Waals surface area contributed by atoms with Crippen LogP contribution in [-0.2, 0) is 6.54 Å². The van der Waals surface area contributed by atoms with Crippen molar-refractivity contribution in [2.75, 3.05) is 37.6 Å². The molecule has 2 heterocycles. The smallest absolute Gasteiger partial charge is 0.254 e. The van der Waals surface area contributed by atoms with Gasteiger partial charge in [-0.25, -0.2) is 0 Å². The quantitative estimate of drug-likeness (QED) is 0.232. The molecule has 1 amide bonds. The molecule has 3 aromatic rings. The number of rotatable bonds is 12. The number of carbonyl (C=O) groups is 1. The molecule has 0 radical (unpaired) electrons. The SMILES string of the molecule is CCCCCC(CC)N1Cc2ccc(N3CCN(CCC(c4ccccc4)c4ccccc4)CC3)cc2C1=O. The molecule has 1 atom stereocenters. The Morgan fingerprint density at radius 1 is 0.769 bits per heavy atom. The van der Waals surface area contributed by atoms with Gasteiger partial charge >= 0.3 is 0 Å². The van der Waals surface area contributed by atoms with Gasteiger partial charge in [-0.2, -0.15) is 0 Å². The summed E-state index contributed by atoms with van der Waals surface area (Å²) in [5.41, 5.74) is 6.13. The standard InChI is InChI=1S/C35H45N3O/c1-3-5-8-17-31(4-2)38-27-30-18-19-32(26-34(30)35(38)39)37-24-22-36(23-25-37)21-20-33(28-13-9-6-10-14-28)29-15-11-7-12-16-29/h6-7,9-16,18-19,26,31,33H,3-5,8,17,20-25,27H2,1-2H3. The Balaban J connectivity index is 1.17. The lowest BCUT2D eigenvalue weighted by Crippen LogP contribution is -2.46. The van der Waals surface area contributed by atoms with Gasteiger partial charge in [-0.1, -0.05) is 99.8 Å². The van der Waals surface area contributed by atoms with Crippen molar-refractivity contribution in [3.63, 3.8) is 0 Å². The fraction of sp³-hybridized carbons (Fsp3) is 0.457. The monoisotopic (exact) mass is 523 g/mol. The van der Waals surface area contributed by atoms with E-state index in [1.54, 1.807) is 0 Å². The predicted octanol–water partition coefficient (Wildman–Crippen LogP) is 7.35. The van der Waals surface area contributed by atoms with E-state index in [1.807, 2.05) is 0 Å². The van der Waals surface area contributed by atoms with Gasteiger partial charge in [0.15, 0.2) is 0 Å². The zero-order chi connectivity index (χ0) is 27.0. The second-order valence-electron chi connectivity index (χ2n) is 11.3. The summed E-state index contributed by atoms with van der Waals surface area (Å²) in [6.07, 6.45) is 6.96. The topological polar surface area (TPSA) is 26.8 Å². The van der Waals surface area contributed by atoms with Gasteiger partial charge < -0.3 is 9.80 Å². The average Bonchev–Trinajstić information content (AvgIpc) is 3.32. The first-order valence-electron chi connectivity index (χ1n) is 15.2. The summed E-state index contributed by atoms with van der Waals surface area (Å²) >= 11 is 0. The number of piperazine rings is 1. The van der Waals surface area contributed by atoms with E-state index in [9.17, 15) is 4.79 Å². The van der Waals surface area contributed by atoms with Gasteiger partial charge in [0.05, 0.1) is 0 Å². The van der Waals surface area contributed by atoms with Crippen LogP contribution in [0.3, 0.4) is 0 Å². The number of unbranched alkanes of at least 4 members (excludes halogenated alkanes) is 2. The lowest BCUT2D eigenvalue weighted by Gasteiger charge is -2.37. The Morgan fingerprint density at radius 3 is 2.05 bits per heavy atom. The van der Waals surface area contributed by atoms with Gasteiger partial charge in [-0.3, -0.25) is 9.69 Å². The van der Waals surface area contributed by atoms with Crippen LogP contribution in [-0.4, -0.2) is 54.5 Å². The molecule has 1 fully saturated rings. The zero-order valence-electron chi connectivity index (χ0n) is 23.9. The van der Waals surface area contributed by atoms with Gasteiger partial charge in [0.25, 0.3) is 5.91 Å². The first kappa shape index (κ1) is 27.5. The third-order valence-electron chi connectivity index (χ3n) is 8.85. The second kappa shape index (κ2) is 13.3. The van der Waals surface area contributed by atoms with Crippen LogP contribution in [0.2, 0.25) is 0 Å². The number of hydrogen-bond acceptors (Lipinski definition) is 3. The maximum Gasteiger partial charge on any atom is 0.254 e. The van der Waals surface area contributed by atoms with Crippen LogP contribution in [0, 0.1) is 0 Å². The fourth-order valence-corrected chi connectivity index (χ4v) is 6.45. The molecule has 4 heteroatoms. The van der Waals surface area contributed by atoms with Crippen molar-refractivity contribution < 1.29 is 4.79 Å². The third-order valence-corrected chi connectivity index (χ3v) is 8.85. The first-order valence-corrected chi connectivity index (χ1v) is 15.2. The molecule has 2 aliphatic heterocycles. The van der Waals surface area contributed by atoms with Gasteiger partial charge in [-0.05, 0) is 54.6 Å². The molecule has 206 valence electrons. The summed E-state index contributed by atoms with van der Waals surface area (Å²) in [6.45, 7) is 10.5. The van der Waals surface area contributed by atoms with E-state index in [1.165, 1.54) is 41.6 Å². The Morgan fingerprint density at radius 2 is 1.44 bits per heavy atom. The molecule has 3 aromatic carbocycles. The largest absolute Gasteiger partial charge is 0.369 e. The van der Waals surface area contributed by atoms with Crippen LogP contribution in [0.5, 0.6) is 0 Å². The summed E-state index contributed by atoms with van der Waals surface area (Å²) in [5, 5.41) is 0. The van der Waals surface area contributed by atoms with E-state index >= 15 is 0 Å². The summed E-state index contributed by atoms with van der Waals surface area (Å²) in [6, 6.07) is 28.8. The first-order chi connectivity index (χ1) is 19.2. The lowest BCUT2D eigenvalue weighted by molar-refractivity contribution is 0.0685. The molecular formula is C35H45N3O. The Labute approximate surface area is 235 Å². The number of fused-ring (bicyclic) bond motifs is 1. The molecule has 39 heavy (non-hydrogen) atoms. The minimum atomic E-state index is 0.238. The van der Waals surface area contributed by atoms with Crippen molar-refractivity contribution in [3.8, 4) is 0 Å². The van der Waals surface area contributed by atoms with Gasteiger partial charge in [0.1, 0.15) is 0 Å². The molecular weight excluding hydrogens is 478 g/mol. The molecule has 4 nitrogen and oxygen atoms in total. The van der Waals surface area contributed by atoms with E-state index < -0.39 is 0 Å². The molecule has 2 aliphatic rings. The lowest BCUT2D eigenvalue weighted by atomic mass is 9.88. The van der Waals surface area contributed by atoms with Crippen LogP contribution in [0.1, 0.15) is 85.3 Å². The highest BCUT2D eigenvalue weighted by atomic mass is 16.2.